The largest absolute Gasteiger partial charge is 0.454 e. The number of sulfone groups is 1. The maximum atomic E-state index is 13.0. The SMILES string of the molecule is CCC(C)C(C(=O)OCC(=O)N(CC)C1CCS(=O)(=O)C1)N1C(=O)c2ccccc2C1=O. The Labute approximate surface area is 187 Å². The predicted molar refractivity (Wildman–Crippen MR) is 116 cm³/mol. The third-order valence-electron chi connectivity index (χ3n) is 6.18. The summed E-state index contributed by atoms with van der Waals surface area (Å²) >= 11 is 0. The van der Waals surface area contributed by atoms with Crippen LogP contribution in [-0.2, 0) is 24.2 Å². The number of carbonyl (C=O) groups is 4. The summed E-state index contributed by atoms with van der Waals surface area (Å²) in [6, 6.07) is 4.75. The van der Waals surface area contributed by atoms with Crippen molar-refractivity contribution in [1.82, 2.24) is 9.80 Å². The van der Waals surface area contributed by atoms with Crippen LogP contribution in [0.1, 0.15) is 54.3 Å². The minimum atomic E-state index is -3.18. The molecule has 3 atom stereocenters. The monoisotopic (exact) mass is 464 g/mol. The van der Waals surface area contributed by atoms with Gasteiger partial charge in [0.1, 0.15) is 6.04 Å². The van der Waals surface area contributed by atoms with E-state index in [9.17, 15) is 27.6 Å². The van der Waals surface area contributed by atoms with Crippen molar-refractivity contribution in [3.63, 3.8) is 0 Å². The summed E-state index contributed by atoms with van der Waals surface area (Å²) in [6.07, 6.45) is 0.850. The highest BCUT2D eigenvalue weighted by molar-refractivity contribution is 7.91. The molecule has 2 heterocycles. The number of hydrogen-bond donors (Lipinski definition) is 0. The fraction of sp³-hybridized carbons (Fsp3) is 0.545. The van der Waals surface area contributed by atoms with Crippen molar-refractivity contribution in [3.05, 3.63) is 35.4 Å². The Morgan fingerprint density at radius 1 is 1.16 bits per heavy atom. The number of ether oxygens (including phenoxy) is 1. The van der Waals surface area contributed by atoms with E-state index in [-0.39, 0.29) is 35.1 Å². The highest BCUT2D eigenvalue weighted by Gasteiger charge is 2.45. The number of esters is 1. The van der Waals surface area contributed by atoms with Gasteiger partial charge < -0.3 is 9.64 Å². The summed E-state index contributed by atoms with van der Waals surface area (Å²) in [4.78, 5) is 53.7. The van der Waals surface area contributed by atoms with Gasteiger partial charge in [-0.1, -0.05) is 32.4 Å². The molecule has 1 aromatic carbocycles. The highest BCUT2D eigenvalue weighted by atomic mass is 32.2. The molecule has 0 aliphatic carbocycles. The number of imide groups is 1. The Kier molecular flexibility index (Phi) is 7.02. The van der Waals surface area contributed by atoms with Gasteiger partial charge in [0.15, 0.2) is 16.4 Å². The van der Waals surface area contributed by atoms with Crippen molar-refractivity contribution >= 4 is 33.5 Å². The summed E-state index contributed by atoms with van der Waals surface area (Å²) in [6.45, 7) is 4.99. The van der Waals surface area contributed by atoms with Gasteiger partial charge in [0, 0.05) is 12.6 Å². The molecule has 0 spiro atoms. The van der Waals surface area contributed by atoms with Gasteiger partial charge >= 0.3 is 5.97 Å². The number of likely N-dealkylation sites (N-methyl/N-ethyl adjacent to an activating group) is 1. The Morgan fingerprint density at radius 2 is 1.75 bits per heavy atom. The molecule has 0 saturated carbocycles. The lowest BCUT2D eigenvalue weighted by molar-refractivity contribution is -0.157. The summed E-state index contributed by atoms with van der Waals surface area (Å²) in [5, 5.41) is 0. The first-order valence-corrected chi connectivity index (χ1v) is 12.6. The molecule has 0 N–H and O–H groups in total. The molecule has 3 unspecified atom stereocenters. The lowest BCUT2D eigenvalue weighted by Gasteiger charge is -2.30. The maximum Gasteiger partial charge on any atom is 0.330 e. The maximum absolute atomic E-state index is 13.0. The van der Waals surface area contributed by atoms with E-state index in [1.165, 1.54) is 17.0 Å². The minimum absolute atomic E-state index is 0.0249. The fourth-order valence-electron chi connectivity index (χ4n) is 4.24. The average molecular weight is 465 g/mol. The molecular formula is C22H28N2O7S. The second-order valence-electron chi connectivity index (χ2n) is 8.20. The van der Waals surface area contributed by atoms with Gasteiger partial charge in [-0.05, 0) is 31.4 Å². The van der Waals surface area contributed by atoms with Gasteiger partial charge in [-0.2, -0.15) is 0 Å². The summed E-state index contributed by atoms with van der Waals surface area (Å²) in [5.41, 5.74) is 0.462. The molecule has 0 radical (unpaired) electrons. The number of benzene rings is 1. The highest BCUT2D eigenvalue weighted by Crippen LogP contribution is 2.28. The molecule has 10 heteroatoms. The molecule has 174 valence electrons. The van der Waals surface area contributed by atoms with E-state index < -0.39 is 52.2 Å². The van der Waals surface area contributed by atoms with Crippen molar-refractivity contribution in [2.45, 2.75) is 45.7 Å². The van der Waals surface area contributed by atoms with Crippen LogP contribution >= 0.6 is 0 Å². The van der Waals surface area contributed by atoms with E-state index >= 15 is 0 Å². The van der Waals surface area contributed by atoms with Crippen molar-refractivity contribution in [2.24, 2.45) is 5.92 Å². The van der Waals surface area contributed by atoms with Gasteiger partial charge in [0.05, 0.1) is 22.6 Å². The molecule has 2 aliphatic heterocycles. The Morgan fingerprint density at radius 3 is 2.22 bits per heavy atom. The van der Waals surface area contributed by atoms with Crippen LogP contribution in [0.3, 0.4) is 0 Å². The molecular weight excluding hydrogens is 436 g/mol. The average Bonchev–Trinajstić information content (AvgIpc) is 3.24. The first-order chi connectivity index (χ1) is 15.1. The van der Waals surface area contributed by atoms with Gasteiger partial charge in [-0.3, -0.25) is 19.3 Å². The topological polar surface area (TPSA) is 118 Å². The van der Waals surface area contributed by atoms with E-state index in [0.29, 0.717) is 12.8 Å². The standard InChI is InChI=1S/C22H28N2O7S/c1-4-14(3)19(24-20(26)16-8-6-7-9-17(16)21(24)27)22(28)31-12-18(25)23(5-2)15-10-11-32(29,30)13-15/h6-9,14-15,19H,4-5,10-13H2,1-3H3. The lowest BCUT2D eigenvalue weighted by Crippen LogP contribution is -2.50. The quantitative estimate of drug-likeness (QED) is 0.420. The van der Waals surface area contributed by atoms with E-state index in [1.54, 1.807) is 26.0 Å². The normalized spacial score (nSPS) is 21.2. The number of carbonyl (C=O) groups excluding carboxylic acids is 4. The first-order valence-electron chi connectivity index (χ1n) is 10.7. The van der Waals surface area contributed by atoms with Crippen LogP contribution in [0.15, 0.2) is 24.3 Å². The number of fused-ring (bicyclic) bond motifs is 1. The molecule has 1 fully saturated rings. The fourth-order valence-corrected chi connectivity index (χ4v) is 5.97. The Hall–Kier alpha value is -2.75. The van der Waals surface area contributed by atoms with Gasteiger partial charge in [-0.15, -0.1) is 0 Å². The second-order valence-corrected chi connectivity index (χ2v) is 10.4. The van der Waals surface area contributed by atoms with Crippen LogP contribution in [0.2, 0.25) is 0 Å². The van der Waals surface area contributed by atoms with Crippen LogP contribution in [0.4, 0.5) is 0 Å². The molecule has 9 nitrogen and oxygen atoms in total. The van der Waals surface area contributed by atoms with Gasteiger partial charge in [-0.25, -0.2) is 13.2 Å². The van der Waals surface area contributed by atoms with E-state index in [1.807, 2.05) is 6.92 Å². The zero-order valence-electron chi connectivity index (χ0n) is 18.4. The van der Waals surface area contributed by atoms with Crippen molar-refractivity contribution in [3.8, 4) is 0 Å². The van der Waals surface area contributed by atoms with Gasteiger partial charge in [0.25, 0.3) is 17.7 Å². The second kappa shape index (κ2) is 9.40. The molecule has 1 saturated heterocycles. The first kappa shape index (κ1) is 23.9. The molecule has 1 aromatic rings. The predicted octanol–water partition coefficient (Wildman–Crippen LogP) is 1.28. The molecule has 0 aromatic heterocycles. The number of amides is 3. The Bertz CT molecular complexity index is 1000. The van der Waals surface area contributed by atoms with Crippen LogP contribution in [0.5, 0.6) is 0 Å². The van der Waals surface area contributed by atoms with Crippen molar-refractivity contribution in [1.29, 1.82) is 0 Å². The molecule has 3 rings (SSSR count). The molecule has 32 heavy (non-hydrogen) atoms. The van der Waals surface area contributed by atoms with Crippen LogP contribution in [-0.4, -0.2) is 78.6 Å². The molecule has 2 aliphatic rings. The van der Waals surface area contributed by atoms with E-state index in [0.717, 1.165) is 4.90 Å². The number of rotatable bonds is 8. The third kappa shape index (κ3) is 4.55. The zero-order chi connectivity index (χ0) is 23.6. The van der Waals surface area contributed by atoms with Crippen molar-refractivity contribution in [2.75, 3.05) is 24.7 Å². The number of hydrogen-bond acceptors (Lipinski definition) is 7. The Balaban J connectivity index is 1.73. The summed E-state index contributed by atoms with van der Waals surface area (Å²) in [5.74, 6) is -2.94. The minimum Gasteiger partial charge on any atom is -0.454 e. The van der Waals surface area contributed by atoms with E-state index in [4.69, 9.17) is 4.74 Å². The lowest BCUT2D eigenvalue weighted by atomic mass is 9.97. The third-order valence-corrected chi connectivity index (χ3v) is 7.93. The number of nitrogens with zero attached hydrogens (tertiary/aromatic N) is 2. The van der Waals surface area contributed by atoms with Crippen LogP contribution in [0.25, 0.3) is 0 Å². The van der Waals surface area contributed by atoms with Crippen molar-refractivity contribution < 1.29 is 32.3 Å². The van der Waals surface area contributed by atoms with Crippen LogP contribution in [0, 0.1) is 5.92 Å². The smallest absolute Gasteiger partial charge is 0.330 e. The zero-order valence-corrected chi connectivity index (χ0v) is 19.3. The summed E-state index contributed by atoms with van der Waals surface area (Å²) < 4.78 is 28.8. The van der Waals surface area contributed by atoms with Crippen LogP contribution < -0.4 is 0 Å². The molecule has 3 amide bonds. The van der Waals surface area contributed by atoms with E-state index in [2.05, 4.69) is 0 Å². The summed E-state index contributed by atoms with van der Waals surface area (Å²) in [7, 11) is -3.18. The van der Waals surface area contributed by atoms with Gasteiger partial charge in [0.2, 0.25) is 0 Å². The molecule has 0 bridgehead atoms.